The Morgan fingerprint density at radius 1 is 1.33 bits per heavy atom. The number of ketones is 1. The largest absolute Gasteiger partial charge is 0.372 e. The van der Waals surface area contributed by atoms with Crippen LogP contribution in [0.3, 0.4) is 0 Å². The van der Waals surface area contributed by atoms with E-state index in [9.17, 15) is 4.79 Å². The average molecular weight is 203 g/mol. The molecule has 1 saturated heterocycles. The third-order valence-electron chi connectivity index (χ3n) is 2.83. The fraction of sp³-hybridized carbons (Fsp3) is 0.462. The van der Waals surface area contributed by atoms with Crippen molar-refractivity contribution >= 4 is 11.5 Å². The summed E-state index contributed by atoms with van der Waals surface area (Å²) < 4.78 is 0. The quantitative estimate of drug-likeness (QED) is 0.752. The van der Waals surface area contributed by atoms with Crippen LogP contribution in [0.25, 0.3) is 0 Å². The van der Waals surface area contributed by atoms with Gasteiger partial charge in [0, 0.05) is 25.2 Å². The standard InChI is InChI=1S/C13H17NO/c1-11(15)9-12-5-4-6-13(10-12)14-7-2-3-8-14/h4-6,10H,2-3,7-9H2,1H3. The van der Waals surface area contributed by atoms with Crippen molar-refractivity contribution in [3.63, 3.8) is 0 Å². The number of nitrogens with zero attached hydrogens (tertiary/aromatic N) is 1. The molecule has 1 aromatic rings. The number of rotatable bonds is 3. The summed E-state index contributed by atoms with van der Waals surface area (Å²) in [7, 11) is 0. The molecule has 1 fully saturated rings. The number of benzene rings is 1. The highest BCUT2D eigenvalue weighted by Crippen LogP contribution is 2.21. The van der Waals surface area contributed by atoms with E-state index in [1.54, 1.807) is 6.92 Å². The molecule has 0 aromatic heterocycles. The minimum absolute atomic E-state index is 0.230. The number of hydrogen-bond donors (Lipinski definition) is 0. The lowest BCUT2D eigenvalue weighted by Crippen LogP contribution is -2.17. The minimum atomic E-state index is 0.230. The highest BCUT2D eigenvalue weighted by Gasteiger charge is 2.12. The molecule has 0 atom stereocenters. The SMILES string of the molecule is CC(=O)Cc1cccc(N2CCCC2)c1. The topological polar surface area (TPSA) is 20.3 Å². The second-order valence-electron chi connectivity index (χ2n) is 4.24. The zero-order valence-electron chi connectivity index (χ0n) is 9.20. The van der Waals surface area contributed by atoms with Crippen LogP contribution in [0, 0.1) is 0 Å². The molecule has 15 heavy (non-hydrogen) atoms. The van der Waals surface area contributed by atoms with E-state index in [2.05, 4.69) is 17.0 Å². The van der Waals surface area contributed by atoms with Gasteiger partial charge in [-0.1, -0.05) is 12.1 Å². The van der Waals surface area contributed by atoms with Crippen molar-refractivity contribution in [2.24, 2.45) is 0 Å². The van der Waals surface area contributed by atoms with Gasteiger partial charge in [-0.05, 0) is 37.5 Å². The molecular weight excluding hydrogens is 186 g/mol. The third kappa shape index (κ3) is 2.58. The Morgan fingerprint density at radius 2 is 2.07 bits per heavy atom. The lowest BCUT2D eigenvalue weighted by molar-refractivity contribution is -0.116. The molecule has 2 heteroatoms. The second-order valence-corrected chi connectivity index (χ2v) is 4.24. The van der Waals surface area contributed by atoms with E-state index in [0.29, 0.717) is 6.42 Å². The molecule has 1 aromatic carbocycles. The maximum absolute atomic E-state index is 11.0. The van der Waals surface area contributed by atoms with E-state index in [-0.39, 0.29) is 5.78 Å². The highest BCUT2D eigenvalue weighted by atomic mass is 16.1. The van der Waals surface area contributed by atoms with Crippen LogP contribution in [0.4, 0.5) is 5.69 Å². The summed E-state index contributed by atoms with van der Waals surface area (Å²) in [6.07, 6.45) is 3.13. The van der Waals surface area contributed by atoms with E-state index in [0.717, 1.165) is 18.7 Å². The first-order chi connectivity index (χ1) is 7.25. The molecule has 80 valence electrons. The Labute approximate surface area is 90.9 Å². The van der Waals surface area contributed by atoms with Gasteiger partial charge >= 0.3 is 0 Å². The zero-order valence-corrected chi connectivity index (χ0v) is 9.20. The van der Waals surface area contributed by atoms with Crippen molar-refractivity contribution in [3.8, 4) is 0 Å². The summed E-state index contributed by atoms with van der Waals surface area (Å²) >= 11 is 0. The molecule has 0 bridgehead atoms. The molecule has 2 rings (SSSR count). The van der Waals surface area contributed by atoms with Gasteiger partial charge in [-0.25, -0.2) is 0 Å². The van der Waals surface area contributed by atoms with Gasteiger partial charge in [-0.15, -0.1) is 0 Å². The Morgan fingerprint density at radius 3 is 2.73 bits per heavy atom. The van der Waals surface area contributed by atoms with Crippen LogP contribution >= 0.6 is 0 Å². The van der Waals surface area contributed by atoms with Gasteiger partial charge in [0.2, 0.25) is 0 Å². The summed E-state index contributed by atoms with van der Waals surface area (Å²) in [5.41, 5.74) is 2.40. The number of carbonyl (C=O) groups excluding carboxylic acids is 1. The fourth-order valence-electron chi connectivity index (χ4n) is 2.13. The van der Waals surface area contributed by atoms with Gasteiger partial charge in [0.05, 0.1) is 0 Å². The Balaban J connectivity index is 2.14. The summed E-state index contributed by atoms with van der Waals surface area (Å²) in [5, 5.41) is 0. The molecule has 0 aliphatic carbocycles. The number of hydrogen-bond acceptors (Lipinski definition) is 2. The molecule has 0 N–H and O–H groups in total. The number of carbonyl (C=O) groups is 1. The molecule has 0 radical (unpaired) electrons. The van der Waals surface area contributed by atoms with E-state index in [4.69, 9.17) is 0 Å². The molecule has 0 amide bonds. The molecule has 1 aliphatic rings. The minimum Gasteiger partial charge on any atom is -0.372 e. The third-order valence-corrected chi connectivity index (χ3v) is 2.83. The molecule has 2 nitrogen and oxygen atoms in total. The summed E-state index contributed by atoms with van der Waals surface area (Å²) in [4.78, 5) is 13.4. The monoisotopic (exact) mass is 203 g/mol. The van der Waals surface area contributed by atoms with Gasteiger partial charge in [0.25, 0.3) is 0 Å². The number of Topliss-reactive ketones (excluding diaryl/α,β-unsaturated/α-hetero) is 1. The molecule has 0 spiro atoms. The van der Waals surface area contributed by atoms with Crippen molar-refractivity contribution in [2.75, 3.05) is 18.0 Å². The molecule has 0 unspecified atom stereocenters. The lowest BCUT2D eigenvalue weighted by Gasteiger charge is -2.18. The predicted octanol–water partition coefficient (Wildman–Crippen LogP) is 2.42. The average Bonchev–Trinajstić information content (AvgIpc) is 2.69. The summed E-state index contributed by atoms with van der Waals surface area (Å²) in [5.74, 6) is 0.230. The zero-order chi connectivity index (χ0) is 10.7. The Hall–Kier alpha value is -1.31. The van der Waals surface area contributed by atoms with Gasteiger partial charge in [0.1, 0.15) is 5.78 Å². The summed E-state index contributed by atoms with van der Waals surface area (Å²) in [6, 6.07) is 8.36. The van der Waals surface area contributed by atoms with Gasteiger partial charge in [0.15, 0.2) is 0 Å². The van der Waals surface area contributed by atoms with Crippen LogP contribution in [0.15, 0.2) is 24.3 Å². The van der Waals surface area contributed by atoms with Crippen LogP contribution in [0.1, 0.15) is 25.3 Å². The van der Waals surface area contributed by atoms with E-state index >= 15 is 0 Å². The fourth-order valence-corrected chi connectivity index (χ4v) is 2.13. The predicted molar refractivity (Wildman–Crippen MR) is 62.3 cm³/mol. The Kier molecular flexibility index (Phi) is 3.05. The Bertz CT molecular complexity index is 353. The lowest BCUT2D eigenvalue weighted by atomic mass is 10.1. The van der Waals surface area contributed by atoms with Crippen molar-refractivity contribution < 1.29 is 4.79 Å². The van der Waals surface area contributed by atoms with Crippen LogP contribution in [-0.4, -0.2) is 18.9 Å². The molecule has 1 aliphatic heterocycles. The maximum Gasteiger partial charge on any atom is 0.134 e. The second kappa shape index (κ2) is 4.47. The maximum atomic E-state index is 11.0. The van der Waals surface area contributed by atoms with Crippen molar-refractivity contribution in [1.29, 1.82) is 0 Å². The van der Waals surface area contributed by atoms with Crippen LogP contribution in [0.5, 0.6) is 0 Å². The van der Waals surface area contributed by atoms with Crippen molar-refractivity contribution in [1.82, 2.24) is 0 Å². The van der Waals surface area contributed by atoms with E-state index in [1.165, 1.54) is 18.5 Å². The first-order valence-electron chi connectivity index (χ1n) is 5.59. The molecular formula is C13H17NO. The molecule has 1 heterocycles. The van der Waals surface area contributed by atoms with Crippen LogP contribution in [0.2, 0.25) is 0 Å². The van der Waals surface area contributed by atoms with Crippen molar-refractivity contribution in [2.45, 2.75) is 26.2 Å². The smallest absolute Gasteiger partial charge is 0.134 e. The van der Waals surface area contributed by atoms with E-state index < -0.39 is 0 Å². The highest BCUT2D eigenvalue weighted by molar-refractivity contribution is 5.78. The van der Waals surface area contributed by atoms with Gasteiger partial charge in [-0.3, -0.25) is 4.79 Å². The first-order valence-corrected chi connectivity index (χ1v) is 5.59. The van der Waals surface area contributed by atoms with Gasteiger partial charge in [-0.2, -0.15) is 0 Å². The first kappa shape index (κ1) is 10.2. The molecule has 0 saturated carbocycles. The van der Waals surface area contributed by atoms with Crippen LogP contribution < -0.4 is 4.90 Å². The van der Waals surface area contributed by atoms with E-state index in [1.807, 2.05) is 12.1 Å². The normalized spacial score (nSPS) is 15.7. The number of anilines is 1. The van der Waals surface area contributed by atoms with Crippen LogP contribution in [-0.2, 0) is 11.2 Å². The van der Waals surface area contributed by atoms with Crippen molar-refractivity contribution in [3.05, 3.63) is 29.8 Å². The van der Waals surface area contributed by atoms with Gasteiger partial charge < -0.3 is 4.90 Å². The summed E-state index contributed by atoms with van der Waals surface area (Å²) in [6.45, 7) is 3.95.